The summed E-state index contributed by atoms with van der Waals surface area (Å²) in [4.78, 5) is 4.78. The summed E-state index contributed by atoms with van der Waals surface area (Å²) < 4.78 is 0. The molecule has 0 aromatic heterocycles. The Morgan fingerprint density at radius 3 is 2.19 bits per heavy atom. The Balaban J connectivity index is 2.30. The minimum atomic E-state index is -0.708. The number of rotatable bonds is 4. The predicted molar refractivity (Wildman–Crippen MR) is 65.9 cm³/mol. The molecule has 4 heteroatoms. The van der Waals surface area contributed by atoms with Crippen molar-refractivity contribution in [2.24, 2.45) is 11.7 Å². The van der Waals surface area contributed by atoms with Gasteiger partial charge in [-0.2, -0.15) is 5.26 Å². The Morgan fingerprint density at radius 1 is 1.25 bits per heavy atom. The second-order valence-corrected chi connectivity index (χ2v) is 5.50. The first-order valence-electron chi connectivity index (χ1n) is 6.08. The predicted octanol–water partition coefficient (Wildman–Crippen LogP) is 0.501. The van der Waals surface area contributed by atoms with Crippen molar-refractivity contribution in [3.8, 4) is 6.07 Å². The molecule has 0 spiro atoms. The highest BCUT2D eigenvalue weighted by Crippen LogP contribution is 2.08. The molecule has 1 aliphatic heterocycles. The highest BCUT2D eigenvalue weighted by molar-refractivity contribution is 5.03. The molecule has 1 saturated heterocycles. The first kappa shape index (κ1) is 13.4. The van der Waals surface area contributed by atoms with Gasteiger partial charge in [0.15, 0.2) is 0 Å². The highest BCUT2D eigenvalue weighted by atomic mass is 15.3. The topological polar surface area (TPSA) is 56.3 Å². The van der Waals surface area contributed by atoms with Crippen LogP contribution in [0.5, 0.6) is 0 Å². The standard InChI is InChI=1S/C12H24N4/c1-11(2)8-15-4-6-16(7-5-15)10-12(3,14)9-13/h11H,4-8,10,14H2,1-3H3. The Labute approximate surface area is 99.0 Å². The van der Waals surface area contributed by atoms with Crippen LogP contribution in [0.3, 0.4) is 0 Å². The Hall–Kier alpha value is -0.630. The van der Waals surface area contributed by atoms with E-state index < -0.39 is 5.54 Å². The van der Waals surface area contributed by atoms with Gasteiger partial charge in [-0.05, 0) is 12.8 Å². The summed E-state index contributed by atoms with van der Waals surface area (Å²) in [6, 6.07) is 2.15. The summed E-state index contributed by atoms with van der Waals surface area (Å²) >= 11 is 0. The molecule has 92 valence electrons. The van der Waals surface area contributed by atoms with Crippen LogP contribution in [0.25, 0.3) is 0 Å². The molecule has 0 saturated carbocycles. The number of piperazine rings is 1. The van der Waals surface area contributed by atoms with Crippen LogP contribution in [0, 0.1) is 17.2 Å². The molecule has 1 aliphatic rings. The van der Waals surface area contributed by atoms with E-state index in [9.17, 15) is 0 Å². The summed E-state index contributed by atoms with van der Waals surface area (Å²) in [5.74, 6) is 0.727. The normalized spacial score (nSPS) is 23.0. The maximum Gasteiger partial charge on any atom is 0.114 e. The number of hydrogen-bond acceptors (Lipinski definition) is 4. The molecular weight excluding hydrogens is 200 g/mol. The van der Waals surface area contributed by atoms with Gasteiger partial charge < -0.3 is 10.6 Å². The summed E-state index contributed by atoms with van der Waals surface area (Å²) in [6.07, 6.45) is 0. The van der Waals surface area contributed by atoms with Gasteiger partial charge in [0.05, 0.1) is 6.07 Å². The first-order valence-corrected chi connectivity index (χ1v) is 6.08. The molecule has 16 heavy (non-hydrogen) atoms. The zero-order chi connectivity index (χ0) is 12.2. The molecule has 2 N–H and O–H groups in total. The fourth-order valence-corrected chi connectivity index (χ4v) is 2.15. The molecule has 0 aromatic carbocycles. The number of hydrogen-bond donors (Lipinski definition) is 1. The molecule has 0 amide bonds. The highest BCUT2D eigenvalue weighted by Gasteiger charge is 2.24. The lowest BCUT2D eigenvalue weighted by Gasteiger charge is -2.37. The van der Waals surface area contributed by atoms with Gasteiger partial charge in [0.25, 0.3) is 0 Å². The van der Waals surface area contributed by atoms with Crippen molar-refractivity contribution in [3.63, 3.8) is 0 Å². The summed E-state index contributed by atoms with van der Waals surface area (Å²) in [5.41, 5.74) is 5.14. The number of nitrogens with two attached hydrogens (primary N) is 1. The molecule has 0 bridgehead atoms. The lowest BCUT2D eigenvalue weighted by molar-refractivity contribution is 0.112. The maximum atomic E-state index is 8.88. The molecule has 1 unspecified atom stereocenters. The minimum absolute atomic E-state index is 0.680. The Kier molecular flexibility index (Phi) is 4.72. The summed E-state index contributed by atoms with van der Waals surface area (Å²) in [5, 5.41) is 8.88. The molecule has 1 atom stereocenters. The van der Waals surface area contributed by atoms with Gasteiger partial charge in [0.1, 0.15) is 5.54 Å². The average molecular weight is 224 g/mol. The van der Waals surface area contributed by atoms with E-state index in [1.807, 2.05) is 0 Å². The van der Waals surface area contributed by atoms with Gasteiger partial charge in [0.2, 0.25) is 0 Å². The Morgan fingerprint density at radius 2 is 1.75 bits per heavy atom. The van der Waals surface area contributed by atoms with Crippen LogP contribution >= 0.6 is 0 Å². The maximum absolute atomic E-state index is 8.88. The lowest BCUT2D eigenvalue weighted by atomic mass is 10.1. The van der Waals surface area contributed by atoms with Crippen LogP contribution in [0.2, 0.25) is 0 Å². The van der Waals surface area contributed by atoms with Gasteiger partial charge in [-0.3, -0.25) is 4.90 Å². The van der Waals surface area contributed by atoms with Crippen molar-refractivity contribution < 1.29 is 0 Å². The third-order valence-corrected chi connectivity index (χ3v) is 2.90. The molecule has 0 radical (unpaired) electrons. The quantitative estimate of drug-likeness (QED) is 0.755. The third kappa shape index (κ3) is 4.48. The second kappa shape index (κ2) is 5.62. The number of nitriles is 1. The molecule has 4 nitrogen and oxygen atoms in total. The van der Waals surface area contributed by atoms with Crippen LogP contribution < -0.4 is 5.73 Å². The molecule has 0 aromatic rings. The molecular formula is C12H24N4. The number of nitrogens with zero attached hydrogens (tertiary/aromatic N) is 3. The van der Waals surface area contributed by atoms with Gasteiger partial charge in [0, 0.05) is 39.3 Å². The fourth-order valence-electron chi connectivity index (χ4n) is 2.15. The molecule has 0 aliphatic carbocycles. The van der Waals surface area contributed by atoms with Crippen LogP contribution in [0.4, 0.5) is 0 Å². The van der Waals surface area contributed by atoms with Crippen LogP contribution in [-0.2, 0) is 0 Å². The van der Waals surface area contributed by atoms with Crippen molar-refractivity contribution in [3.05, 3.63) is 0 Å². The Bertz CT molecular complexity index is 246. The zero-order valence-electron chi connectivity index (χ0n) is 10.7. The smallest absolute Gasteiger partial charge is 0.114 e. The second-order valence-electron chi connectivity index (χ2n) is 5.50. The summed E-state index contributed by atoms with van der Waals surface area (Å²) in [7, 11) is 0. The third-order valence-electron chi connectivity index (χ3n) is 2.90. The SMILES string of the molecule is CC(C)CN1CCN(CC(C)(N)C#N)CC1. The van der Waals surface area contributed by atoms with E-state index in [0.717, 1.165) is 32.1 Å². The van der Waals surface area contributed by atoms with E-state index in [4.69, 9.17) is 11.0 Å². The lowest BCUT2D eigenvalue weighted by Crippen LogP contribution is -2.54. The molecule has 1 fully saturated rings. The van der Waals surface area contributed by atoms with Crippen molar-refractivity contribution in [2.45, 2.75) is 26.3 Å². The van der Waals surface area contributed by atoms with Crippen molar-refractivity contribution in [2.75, 3.05) is 39.3 Å². The van der Waals surface area contributed by atoms with E-state index in [0.29, 0.717) is 6.54 Å². The van der Waals surface area contributed by atoms with Gasteiger partial charge in [-0.15, -0.1) is 0 Å². The van der Waals surface area contributed by atoms with Crippen LogP contribution in [0.15, 0.2) is 0 Å². The fraction of sp³-hybridized carbons (Fsp3) is 0.917. The van der Waals surface area contributed by atoms with E-state index in [2.05, 4.69) is 29.7 Å². The van der Waals surface area contributed by atoms with Gasteiger partial charge in [-0.1, -0.05) is 13.8 Å². The first-order chi connectivity index (χ1) is 7.43. The monoisotopic (exact) mass is 224 g/mol. The van der Waals surface area contributed by atoms with Crippen molar-refractivity contribution >= 4 is 0 Å². The van der Waals surface area contributed by atoms with Crippen molar-refractivity contribution in [1.82, 2.24) is 9.80 Å². The largest absolute Gasteiger partial charge is 0.313 e. The van der Waals surface area contributed by atoms with Crippen LogP contribution in [0.1, 0.15) is 20.8 Å². The minimum Gasteiger partial charge on any atom is -0.313 e. The van der Waals surface area contributed by atoms with E-state index in [1.165, 1.54) is 6.54 Å². The van der Waals surface area contributed by atoms with E-state index in [-0.39, 0.29) is 0 Å². The summed E-state index contributed by atoms with van der Waals surface area (Å²) in [6.45, 7) is 12.4. The molecule has 1 heterocycles. The van der Waals surface area contributed by atoms with E-state index in [1.54, 1.807) is 6.92 Å². The van der Waals surface area contributed by atoms with Gasteiger partial charge >= 0.3 is 0 Å². The van der Waals surface area contributed by atoms with Gasteiger partial charge in [-0.25, -0.2) is 0 Å². The van der Waals surface area contributed by atoms with Crippen LogP contribution in [-0.4, -0.2) is 54.6 Å². The van der Waals surface area contributed by atoms with Crippen molar-refractivity contribution in [1.29, 1.82) is 5.26 Å². The zero-order valence-corrected chi connectivity index (χ0v) is 10.7. The molecule has 1 rings (SSSR count). The van der Waals surface area contributed by atoms with E-state index >= 15 is 0 Å². The average Bonchev–Trinajstić information content (AvgIpc) is 2.20.